The summed E-state index contributed by atoms with van der Waals surface area (Å²) < 4.78 is 13.7. The van der Waals surface area contributed by atoms with Crippen LogP contribution in [-0.4, -0.2) is 23.6 Å². The molecule has 0 bridgehead atoms. The van der Waals surface area contributed by atoms with Crippen LogP contribution in [0.4, 0.5) is 0 Å². The lowest BCUT2D eigenvalue weighted by Crippen LogP contribution is -1.90. The largest absolute Gasteiger partial charge is 0.493 e. The number of halogens is 1. The van der Waals surface area contributed by atoms with E-state index in [0.29, 0.717) is 11.5 Å². The molecule has 0 amide bonds. The number of hydrogen-bond donors (Lipinski definition) is 0. The van der Waals surface area contributed by atoms with Crippen molar-refractivity contribution in [3.63, 3.8) is 0 Å². The molecular formula is C16H15BrN2O2. The average Bonchev–Trinajstić information content (AvgIpc) is 2.90. The Morgan fingerprint density at radius 1 is 1.05 bits per heavy atom. The minimum atomic E-state index is 0.699. The van der Waals surface area contributed by atoms with Gasteiger partial charge in [-0.25, -0.2) is 4.98 Å². The van der Waals surface area contributed by atoms with Gasteiger partial charge in [-0.2, -0.15) is 0 Å². The summed E-state index contributed by atoms with van der Waals surface area (Å²) in [6.07, 6.45) is 4.01. The summed E-state index contributed by atoms with van der Waals surface area (Å²) in [7, 11) is 3.26. The third-order valence-corrected chi connectivity index (χ3v) is 3.81. The van der Waals surface area contributed by atoms with Gasteiger partial charge in [-0.15, -0.1) is 0 Å². The Morgan fingerprint density at radius 2 is 1.81 bits per heavy atom. The zero-order valence-corrected chi connectivity index (χ0v) is 13.6. The van der Waals surface area contributed by atoms with Crippen molar-refractivity contribution in [3.8, 4) is 22.8 Å². The summed E-state index contributed by atoms with van der Waals surface area (Å²) in [5.41, 5.74) is 3.96. The minimum absolute atomic E-state index is 0.699. The molecule has 0 spiro atoms. The molecule has 0 radical (unpaired) electrons. The number of imidazole rings is 1. The maximum atomic E-state index is 5.35. The van der Waals surface area contributed by atoms with Crippen LogP contribution >= 0.6 is 15.9 Å². The highest BCUT2D eigenvalue weighted by Crippen LogP contribution is 2.32. The fraction of sp³-hybridized carbons (Fsp3) is 0.188. The predicted molar refractivity (Wildman–Crippen MR) is 86.2 cm³/mol. The lowest BCUT2D eigenvalue weighted by molar-refractivity contribution is 0.355. The van der Waals surface area contributed by atoms with Gasteiger partial charge in [0.2, 0.25) is 0 Å². The molecular weight excluding hydrogens is 332 g/mol. The smallest absolute Gasteiger partial charge is 0.161 e. The van der Waals surface area contributed by atoms with Gasteiger partial charge in [0.05, 0.1) is 19.9 Å². The van der Waals surface area contributed by atoms with Crippen LogP contribution in [-0.2, 0) is 0 Å². The van der Waals surface area contributed by atoms with Crippen molar-refractivity contribution in [2.24, 2.45) is 0 Å². The van der Waals surface area contributed by atoms with Crippen LogP contribution < -0.4 is 9.47 Å². The second kappa shape index (κ2) is 5.41. The number of aryl methyl sites for hydroxylation is 1. The molecule has 4 nitrogen and oxygen atoms in total. The van der Waals surface area contributed by atoms with E-state index in [9.17, 15) is 0 Å². The Labute approximate surface area is 131 Å². The van der Waals surface area contributed by atoms with Gasteiger partial charge in [0, 0.05) is 22.4 Å². The van der Waals surface area contributed by atoms with Crippen LogP contribution in [0.5, 0.6) is 11.5 Å². The molecule has 0 unspecified atom stereocenters. The van der Waals surface area contributed by atoms with Gasteiger partial charge in [-0.05, 0) is 52.7 Å². The maximum Gasteiger partial charge on any atom is 0.161 e. The first-order valence-corrected chi connectivity index (χ1v) is 7.29. The SMILES string of the molecule is COc1ccc(-c2cn3cc(Br)cc(C)c3n2)cc1OC. The molecule has 21 heavy (non-hydrogen) atoms. The molecule has 3 rings (SSSR count). The Balaban J connectivity index is 2.14. The standard InChI is InChI=1S/C16H15BrN2O2/c1-10-6-12(17)8-19-9-13(18-16(10)19)11-4-5-14(20-2)15(7-11)21-3/h4-9H,1-3H3. The number of nitrogens with zero attached hydrogens (tertiary/aromatic N) is 2. The second-order valence-electron chi connectivity index (χ2n) is 4.77. The van der Waals surface area contributed by atoms with E-state index in [0.717, 1.165) is 26.9 Å². The molecule has 0 saturated carbocycles. The molecule has 0 aliphatic carbocycles. The number of ether oxygens (including phenoxy) is 2. The lowest BCUT2D eigenvalue weighted by atomic mass is 10.1. The Kier molecular flexibility index (Phi) is 3.59. The van der Waals surface area contributed by atoms with E-state index in [2.05, 4.69) is 22.0 Å². The average molecular weight is 347 g/mol. The predicted octanol–water partition coefficient (Wildman–Crippen LogP) is 4.09. The molecule has 3 aromatic rings. The van der Waals surface area contributed by atoms with Crippen molar-refractivity contribution in [2.45, 2.75) is 6.92 Å². The van der Waals surface area contributed by atoms with Crippen LogP contribution in [0.25, 0.3) is 16.9 Å². The van der Waals surface area contributed by atoms with Crippen molar-refractivity contribution in [2.75, 3.05) is 14.2 Å². The summed E-state index contributed by atoms with van der Waals surface area (Å²) in [4.78, 5) is 4.70. The van der Waals surface area contributed by atoms with Crippen LogP contribution in [0.15, 0.2) is 41.1 Å². The van der Waals surface area contributed by atoms with Gasteiger partial charge in [0.1, 0.15) is 5.65 Å². The van der Waals surface area contributed by atoms with Gasteiger partial charge < -0.3 is 13.9 Å². The van der Waals surface area contributed by atoms with Crippen LogP contribution in [0.2, 0.25) is 0 Å². The molecule has 0 atom stereocenters. The van der Waals surface area contributed by atoms with E-state index in [4.69, 9.17) is 14.5 Å². The molecule has 0 aliphatic heterocycles. The van der Waals surface area contributed by atoms with Crippen molar-refractivity contribution < 1.29 is 9.47 Å². The zero-order valence-electron chi connectivity index (χ0n) is 12.1. The Bertz CT molecular complexity index is 811. The number of rotatable bonds is 3. The van der Waals surface area contributed by atoms with E-state index in [1.165, 1.54) is 0 Å². The first-order chi connectivity index (χ1) is 10.1. The highest BCUT2D eigenvalue weighted by atomic mass is 79.9. The summed E-state index contributed by atoms with van der Waals surface area (Å²) in [5, 5.41) is 0. The molecule has 0 N–H and O–H groups in total. The number of aromatic nitrogens is 2. The number of methoxy groups -OCH3 is 2. The molecule has 2 heterocycles. The van der Waals surface area contributed by atoms with E-state index in [1.807, 2.05) is 41.9 Å². The maximum absolute atomic E-state index is 5.35. The van der Waals surface area contributed by atoms with Gasteiger partial charge in [-0.3, -0.25) is 0 Å². The monoisotopic (exact) mass is 346 g/mol. The minimum Gasteiger partial charge on any atom is -0.493 e. The summed E-state index contributed by atoms with van der Waals surface area (Å²) in [6, 6.07) is 7.86. The van der Waals surface area contributed by atoms with Crippen LogP contribution in [0.1, 0.15) is 5.56 Å². The molecule has 108 valence electrons. The number of hydrogen-bond acceptors (Lipinski definition) is 3. The van der Waals surface area contributed by atoms with E-state index < -0.39 is 0 Å². The topological polar surface area (TPSA) is 35.8 Å². The second-order valence-corrected chi connectivity index (χ2v) is 5.68. The van der Waals surface area contributed by atoms with E-state index >= 15 is 0 Å². The first-order valence-electron chi connectivity index (χ1n) is 6.49. The summed E-state index contributed by atoms with van der Waals surface area (Å²) in [5.74, 6) is 1.41. The highest BCUT2D eigenvalue weighted by molar-refractivity contribution is 9.10. The van der Waals surface area contributed by atoms with Crippen molar-refractivity contribution in [3.05, 3.63) is 46.7 Å². The van der Waals surface area contributed by atoms with Gasteiger partial charge in [0.25, 0.3) is 0 Å². The Hall–Kier alpha value is -2.01. The van der Waals surface area contributed by atoms with E-state index in [1.54, 1.807) is 14.2 Å². The number of fused-ring (bicyclic) bond motifs is 1. The van der Waals surface area contributed by atoms with Gasteiger partial charge in [0.15, 0.2) is 11.5 Å². The molecule has 0 fully saturated rings. The third kappa shape index (κ3) is 2.49. The molecule has 0 aliphatic rings. The summed E-state index contributed by atoms with van der Waals surface area (Å²) in [6.45, 7) is 2.05. The first kappa shape index (κ1) is 13.9. The highest BCUT2D eigenvalue weighted by Gasteiger charge is 2.10. The Morgan fingerprint density at radius 3 is 2.52 bits per heavy atom. The molecule has 1 aromatic carbocycles. The number of pyridine rings is 1. The fourth-order valence-electron chi connectivity index (χ4n) is 2.36. The molecule has 5 heteroatoms. The third-order valence-electron chi connectivity index (χ3n) is 3.38. The molecule has 0 saturated heterocycles. The van der Waals surface area contributed by atoms with Crippen molar-refractivity contribution >= 4 is 21.6 Å². The lowest BCUT2D eigenvalue weighted by Gasteiger charge is -2.08. The van der Waals surface area contributed by atoms with Gasteiger partial charge >= 0.3 is 0 Å². The van der Waals surface area contributed by atoms with Crippen LogP contribution in [0, 0.1) is 6.92 Å². The quantitative estimate of drug-likeness (QED) is 0.716. The molecule has 2 aromatic heterocycles. The zero-order chi connectivity index (χ0) is 15.0. The van der Waals surface area contributed by atoms with E-state index in [-0.39, 0.29) is 0 Å². The van der Waals surface area contributed by atoms with Gasteiger partial charge in [-0.1, -0.05) is 0 Å². The fourth-order valence-corrected chi connectivity index (χ4v) is 2.92. The van der Waals surface area contributed by atoms with Crippen molar-refractivity contribution in [1.29, 1.82) is 0 Å². The normalized spacial score (nSPS) is 10.9. The van der Waals surface area contributed by atoms with Crippen LogP contribution in [0.3, 0.4) is 0 Å². The summed E-state index contributed by atoms with van der Waals surface area (Å²) >= 11 is 3.51. The number of benzene rings is 1. The van der Waals surface area contributed by atoms with Crippen molar-refractivity contribution in [1.82, 2.24) is 9.38 Å².